The van der Waals surface area contributed by atoms with E-state index in [1.54, 1.807) is 19.1 Å². The zero-order valence-corrected chi connectivity index (χ0v) is 9.92. The second-order valence-electron chi connectivity index (χ2n) is 4.40. The molecule has 3 nitrogen and oxygen atoms in total. The Labute approximate surface area is 100 Å². The Hall–Kier alpha value is -1.42. The summed E-state index contributed by atoms with van der Waals surface area (Å²) in [6.45, 7) is 2.54. The SMILES string of the molecule is Cc1c(F)cccc1NC(=O)[C@@H]1CCCCN1. The highest BCUT2D eigenvalue weighted by Gasteiger charge is 2.21. The van der Waals surface area contributed by atoms with Crippen molar-refractivity contribution in [2.45, 2.75) is 32.2 Å². The first-order valence-corrected chi connectivity index (χ1v) is 5.98. The Morgan fingerprint density at radius 2 is 2.29 bits per heavy atom. The molecule has 0 saturated carbocycles. The van der Waals surface area contributed by atoms with Crippen LogP contribution in [0.4, 0.5) is 10.1 Å². The molecule has 0 radical (unpaired) electrons. The van der Waals surface area contributed by atoms with Gasteiger partial charge in [0.15, 0.2) is 0 Å². The molecule has 1 saturated heterocycles. The van der Waals surface area contributed by atoms with Crippen LogP contribution in [0.25, 0.3) is 0 Å². The van der Waals surface area contributed by atoms with Crippen molar-refractivity contribution in [1.29, 1.82) is 0 Å². The Balaban J connectivity index is 2.04. The highest BCUT2D eigenvalue weighted by molar-refractivity contribution is 5.95. The Morgan fingerprint density at radius 3 is 3.00 bits per heavy atom. The summed E-state index contributed by atoms with van der Waals surface area (Å²) in [7, 11) is 0. The lowest BCUT2D eigenvalue weighted by Crippen LogP contribution is -2.43. The number of nitrogens with one attached hydrogen (secondary N) is 2. The van der Waals surface area contributed by atoms with Gasteiger partial charge in [-0.05, 0) is 38.4 Å². The standard InChI is InChI=1S/C13H17FN2O/c1-9-10(14)5-4-7-11(9)16-13(17)12-6-2-3-8-15-12/h4-5,7,12,15H,2-3,6,8H2,1H3,(H,16,17)/t12-/m0/s1. The summed E-state index contributed by atoms with van der Waals surface area (Å²) in [5, 5.41) is 5.95. The number of carbonyl (C=O) groups is 1. The van der Waals surface area contributed by atoms with Gasteiger partial charge in [0.25, 0.3) is 0 Å². The van der Waals surface area contributed by atoms with Gasteiger partial charge in [0, 0.05) is 11.3 Å². The van der Waals surface area contributed by atoms with Gasteiger partial charge in [-0.25, -0.2) is 4.39 Å². The second kappa shape index (κ2) is 5.27. The van der Waals surface area contributed by atoms with E-state index >= 15 is 0 Å². The van der Waals surface area contributed by atoms with Gasteiger partial charge in [-0.1, -0.05) is 12.5 Å². The molecule has 4 heteroatoms. The van der Waals surface area contributed by atoms with Crippen LogP contribution in [0.5, 0.6) is 0 Å². The van der Waals surface area contributed by atoms with E-state index < -0.39 is 0 Å². The van der Waals surface area contributed by atoms with Crippen molar-refractivity contribution in [3.63, 3.8) is 0 Å². The predicted molar refractivity (Wildman–Crippen MR) is 65.4 cm³/mol. The molecule has 1 atom stereocenters. The van der Waals surface area contributed by atoms with Gasteiger partial charge in [0.05, 0.1) is 6.04 Å². The van der Waals surface area contributed by atoms with E-state index in [0.29, 0.717) is 11.3 Å². The molecule has 1 heterocycles. The minimum absolute atomic E-state index is 0.0709. The van der Waals surface area contributed by atoms with Crippen molar-refractivity contribution in [2.24, 2.45) is 0 Å². The van der Waals surface area contributed by atoms with Crippen LogP contribution in [0.2, 0.25) is 0 Å². The van der Waals surface area contributed by atoms with Crippen molar-refractivity contribution in [3.8, 4) is 0 Å². The monoisotopic (exact) mass is 236 g/mol. The first-order chi connectivity index (χ1) is 8.18. The van der Waals surface area contributed by atoms with Gasteiger partial charge in [-0.15, -0.1) is 0 Å². The van der Waals surface area contributed by atoms with Crippen LogP contribution in [0, 0.1) is 12.7 Å². The Bertz CT molecular complexity index is 414. The third kappa shape index (κ3) is 2.82. The Morgan fingerprint density at radius 1 is 1.47 bits per heavy atom. The topological polar surface area (TPSA) is 41.1 Å². The van der Waals surface area contributed by atoms with Gasteiger partial charge >= 0.3 is 0 Å². The third-order valence-corrected chi connectivity index (χ3v) is 3.15. The van der Waals surface area contributed by atoms with Crippen LogP contribution in [-0.2, 0) is 4.79 Å². The molecule has 17 heavy (non-hydrogen) atoms. The number of anilines is 1. The maximum Gasteiger partial charge on any atom is 0.241 e. The van der Waals surface area contributed by atoms with Gasteiger partial charge in [-0.3, -0.25) is 4.79 Å². The van der Waals surface area contributed by atoms with Gasteiger partial charge in [0.1, 0.15) is 5.82 Å². The average Bonchev–Trinajstić information content (AvgIpc) is 2.36. The molecule has 1 fully saturated rings. The molecule has 1 aliphatic heterocycles. The number of amides is 1. The van der Waals surface area contributed by atoms with Crippen molar-refractivity contribution >= 4 is 11.6 Å². The summed E-state index contributed by atoms with van der Waals surface area (Å²) in [5.41, 5.74) is 1.04. The molecule has 0 unspecified atom stereocenters. The Kier molecular flexibility index (Phi) is 3.74. The van der Waals surface area contributed by atoms with Crippen molar-refractivity contribution in [3.05, 3.63) is 29.6 Å². The fourth-order valence-electron chi connectivity index (χ4n) is 2.04. The molecule has 92 valence electrons. The number of carbonyl (C=O) groups excluding carboxylic acids is 1. The summed E-state index contributed by atoms with van der Waals surface area (Å²) >= 11 is 0. The number of hydrogen-bond donors (Lipinski definition) is 2. The minimum atomic E-state index is -0.292. The molecule has 0 aromatic heterocycles. The third-order valence-electron chi connectivity index (χ3n) is 3.15. The summed E-state index contributed by atoms with van der Waals surface area (Å²) in [4.78, 5) is 11.9. The van der Waals surface area contributed by atoms with E-state index in [-0.39, 0.29) is 17.8 Å². The molecular weight excluding hydrogens is 219 g/mol. The lowest BCUT2D eigenvalue weighted by Gasteiger charge is -2.22. The highest BCUT2D eigenvalue weighted by Crippen LogP contribution is 2.18. The average molecular weight is 236 g/mol. The second-order valence-corrected chi connectivity index (χ2v) is 4.40. The lowest BCUT2D eigenvalue weighted by molar-refractivity contribution is -0.118. The van der Waals surface area contributed by atoms with Crippen LogP contribution in [0.1, 0.15) is 24.8 Å². The van der Waals surface area contributed by atoms with Crippen LogP contribution < -0.4 is 10.6 Å². The van der Waals surface area contributed by atoms with Crippen LogP contribution >= 0.6 is 0 Å². The summed E-state index contributed by atoms with van der Waals surface area (Å²) in [5.74, 6) is -0.363. The number of halogens is 1. The summed E-state index contributed by atoms with van der Waals surface area (Å²) in [6.07, 6.45) is 3.02. The lowest BCUT2D eigenvalue weighted by atomic mass is 10.0. The number of rotatable bonds is 2. The van der Waals surface area contributed by atoms with Crippen molar-refractivity contribution in [2.75, 3.05) is 11.9 Å². The number of benzene rings is 1. The maximum absolute atomic E-state index is 13.3. The summed E-state index contributed by atoms with van der Waals surface area (Å²) in [6, 6.07) is 4.57. The normalized spacial score (nSPS) is 20.0. The van der Waals surface area contributed by atoms with E-state index in [2.05, 4.69) is 10.6 Å². The molecular formula is C13H17FN2O. The minimum Gasteiger partial charge on any atom is -0.324 e. The van der Waals surface area contributed by atoms with E-state index in [1.165, 1.54) is 6.07 Å². The molecule has 0 spiro atoms. The first-order valence-electron chi connectivity index (χ1n) is 5.98. The fourth-order valence-corrected chi connectivity index (χ4v) is 2.04. The van der Waals surface area contributed by atoms with E-state index in [4.69, 9.17) is 0 Å². The number of hydrogen-bond acceptors (Lipinski definition) is 2. The quantitative estimate of drug-likeness (QED) is 0.826. The van der Waals surface area contributed by atoms with Gasteiger partial charge in [-0.2, -0.15) is 0 Å². The fraction of sp³-hybridized carbons (Fsp3) is 0.462. The van der Waals surface area contributed by atoms with Gasteiger partial charge < -0.3 is 10.6 Å². The molecule has 0 aliphatic carbocycles. The predicted octanol–water partition coefficient (Wildman–Crippen LogP) is 2.21. The molecule has 1 aliphatic rings. The molecule has 1 aromatic carbocycles. The zero-order valence-electron chi connectivity index (χ0n) is 9.92. The van der Waals surface area contributed by atoms with Crippen molar-refractivity contribution < 1.29 is 9.18 Å². The smallest absolute Gasteiger partial charge is 0.241 e. The molecule has 2 rings (SSSR count). The van der Waals surface area contributed by atoms with E-state index in [1.807, 2.05) is 0 Å². The van der Waals surface area contributed by atoms with Crippen LogP contribution in [-0.4, -0.2) is 18.5 Å². The largest absolute Gasteiger partial charge is 0.324 e. The number of piperidine rings is 1. The highest BCUT2D eigenvalue weighted by atomic mass is 19.1. The van der Waals surface area contributed by atoms with Gasteiger partial charge in [0.2, 0.25) is 5.91 Å². The zero-order chi connectivity index (χ0) is 12.3. The molecule has 0 bridgehead atoms. The van der Waals surface area contributed by atoms with E-state index in [9.17, 15) is 9.18 Å². The summed E-state index contributed by atoms with van der Waals surface area (Å²) < 4.78 is 13.3. The van der Waals surface area contributed by atoms with Crippen LogP contribution in [0.3, 0.4) is 0 Å². The van der Waals surface area contributed by atoms with Crippen molar-refractivity contribution in [1.82, 2.24) is 5.32 Å². The molecule has 2 N–H and O–H groups in total. The van der Waals surface area contributed by atoms with Crippen LogP contribution in [0.15, 0.2) is 18.2 Å². The molecule has 1 aromatic rings. The molecule has 1 amide bonds. The first kappa shape index (κ1) is 12.0. The maximum atomic E-state index is 13.3. The van der Waals surface area contributed by atoms with E-state index in [0.717, 1.165) is 25.8 Å².